The Hall–Kier alpha value is -3.18. The maximum Gasteiger partial charge on any atom is 0.223 e. The number of hydrogen-bond donors (Lipinski definition) is 4. The number of thioether (sulfide) groups is 2. The summed E-state index contributed by atoms with van der Waals surface area (Å²) in [7, 11) is 0. The Morgan fingerprint density at radius 2 is 1.24 bits per heavy atom. The SMILES string of the molecule is CCNc1nc(SCCN)cc([C@H]2CC[C@H]2c2ccccc2)n1.CCNc1nccc(SCCN)n1.c1ccccc1. The minimum Gasteiger partial charge on any atom is -0.354 e. The van der Waals surface area contributed by atoms with Gasteiger partial charge in [-0.2, -0.15) is 0 Å². The van der Waals surface area contributed by atoms with Crippen LogP contribution in [0.5, 0.6) is 0 Å². The van der Waals surface area contributed by atoms with E-state index in [-0.39, 0.29) is 0 Å². The minimum atomic E-state index is 0.495. The Morgan fingerprint density at radius 1 is 0.690 bits per heavy atom. The Labute approximate surface area is 259 Å². The second kappa shape index (κ2) is 19.9. The zero-order chi connectivity index (χ0) is 29.8. The van der Waals surface area contributed by atoms with Crippen molar-refractivity contribution in [1.29, 1.82) is 0 Å². The van der Waals surface area contributed by atoms with Crippen molar-refractivity contribution in [2.24, 2.45) is 11.5 Å². The van der Waals surface area contributed by atoms with Crippen LogP contribution in [0.4, 0.5) is 11.9 Å². The van der Waals surface area contributed by atoms with Gasteiger partial charge >= 0.3 is 0 Å². The second-order valence-corrected chi connectivity index (χ2v) is 11.6. The van der Waals surface area contributed by atoms with Gasteiger partial charge in [-0.3, -0.25) is 0 Å². The number of hydrogen-bond acceptors (Lipinski definition) is 10. The molecule has 1 fully saturated rings. The van der Waals surface area contributed by atoms with Crippen LogP contribution in [0.2, 0.25) is 0 Å². The molecule has 1 saturated carbocycles. The van der Waals surface area contributed by atoms with Gasteiger partial charge in [0.25, 0.3) is 0 Å². The van der Waals surface area contributed by atoms with Crippen LogP contribution in [0.3, 0.4) is 0 Å². The van der Waals surface area contributed by atoms with Crippen LogP contribution < -0.4 is 22.1 Å². The van der Waals surface area contributed by atoms with Crippen molar-refractivity contribution < 1.29 is 0 Å². The van der Waals surface area contributed by atoms with Gasteiger partial charge in [0, 0.05) is 49.8 Å². The first-order chi connectivity index (χ1) is 20.7. The fraction of sp³-hybridized carbons (Fsp3) is 0.375. The molecule has 5 rings (SSSR count). The molecule has 2 heterocycles. The minimum absolute atomic E-state index is 0.495. The Kier molecular flexibility index (Phi) is 15.8. The standard InChI is InChI=1S/C18H24N4S.C8H14N4S.C6H6/c1-2-20-18-21-16(12-17(22-18)23-11-10-19)15-9-8-14(15)13-6-4-3-5-7-13;1-2-10-8-11-5-3-7(12-8)13-6-4-9;1-2-4-6-5-3-1/h3-7,12,14-15H,2,8-11,19H2,1H3,(H,20,21,22);3,5H,2,4,6,9H2,1H3,(H,10,11,12);1-6H/t14-,15-;;/m0../s1. The summed E-state index contributed by atoms with van der Waals surface area (Å²) in [6, 6.07) is 26.8. The van der Waals surface area contributed by atoms with Crippen molar-refractivity contribution in [2.75, 3.05) is 48.3 Å². The molecule has 42 heavy (non-hydrogen) atoms. The molecule has 0 aliphatic heterocycles. The molecule has 8 nitrogen and oxygen atoms in total. The normalized spacial score (nSPS) is 15.2. The number of rotatable bonds is 12. The smallest absolute Gasteiger partial charge is 0.223 e. The topological polar surface area (TPSA) is 128 Å². The predicted octanol–water partition coefficient (Wildman–Crippen LogP) is 6.27. The number of anilines is 2. The van der Waals surface area contributed by atoms with Gasteiger partial charge < -0.3 is 22.1 Å². The highest BCUT2D eigenvalue weighted by atomic mass is 32.2. The van der Waals surface area contributed by atoms with Crippen LogP contribution in [0, 0.1) is 0 Å². The van der Waals surface area contributed by atoms with Crippen molar-refractivity contribution in [3.05, 3.63) is 96.3 Å². The van der Waals surface area contributed by atoms with E-state index in [1.807, 2.05) is 49.4 Å². The van der Waals surface area contributed by atoms with E-state index in [1.165, 1.54) is 18.4 Å². The van der Waals surface area contributed by atoms with E-state index in [0.717, 1.165) is 46.3 Å². The molecule has 1 aliphatic carbocycles. The second-order valence-electron chi connectivity index (χ2n) is 9.36. The van der Waals surface area contributed by atoms with Crippen LogP contribution in [-0.4, -0.2) is 57.6 Å². The molecule has 10 heteroatoms. The third-order valence-corrected chi connectivity index (χ3v) is 8.21. The summed E-state index contributed by atoms with van der Waals surface area (Å²) in [6.45, 7) is 7.09. The molecule has 0 bridgehead atoms. The van der Waals surface area contributed by atoms with Crippen molar-refractivity contribution in [3.63, 3.8) is 0 Å². The summed E-state index contributed by atoms with van der Waals surface area (Å²) in [5.41, 5.74) is 13.6. The first kappa shape index (κ1) is 33.3. The number of nitrogens with one attached hydrogen (secondary N) is 2. The monoisotopic (exact) mass is 604 g/mol. The molecule has 0 unspecified atom stereocenters. The van der Waals surface area contributed by atoms with Crippen LogP contribution >= 0.6 is 23.5 Å². The number of aromatic nitrogens is 4. The molecular formula is C32H44N8S2. The van der Waals surface area contributed by atoms with E-state index in [1.54, 1.807) is 29.7 Å². The highest BCUT2D eigenvalue weighted by Gasteiger charge is 2.34. The Morgan fingerprint density at radius 3 is 1.81 bits per heavy atom. The van der Waals surface area contributed by atoms with Gasteiger partial charge in [-0.05, 0) is 50.3 Å². The highest BCUT2D eigenvalue weighted by molar-refractivity contribution is 7.99. The Bertz CT molecular complexity index is 1240. The predicted molar refractivity (Wildman–Crippen MR) is 180 cm³/mol. The number of benzene rings is 2. The summed E-state index contributed by atoms with van der Waals surface area (Å²) in [5.74, 6) is 4.27. The van der Waals surface area contributed by atoms with E-state index in [4.69, 9.17) is 16.5 Å². The molecule has 224 valence electrons. The lowest BCUT2D eigenvalue weighted by Gasteiger charge is -2.37. The van der Waals surface area contributed by atoms with Gasteiger partial charge in [0.15, 0.2) is 0 Å². The van der Waals surface area contributed by atoms with Gasteiger partial charge in [0.1, 0.15) is 10.1 Å². The van der Waals surface area contributed by atoms with E-state index >= 15 is 0 Å². The molecule has 2 aromatic heterocycles. The average molecular weight is 605 g/mol. The van der Waals surface area contributed by atoms with Crippen LogP contribution in [0.25, 0.3) is 0 Å². The van der Waals surface area contributed by atoms with E-state index in [2.05, 4.69) is 68.9 Å². The van der Waals surface area contributed by atoms with Crippen LogP contribution in [-0.2, 0) is 0 Å². The van der Waals surface area contributed by atoms with Gasteiger partial charge in [0.2, 0.25) is 11.9 Å². The lowest BCUT2D eigenvalue weighted by molar-refractivity contribution is 0.339. The fourth-order valence-corrected chi connectivity index (χ4v) is 5.59. The zero-order valence-corrected chi connectivity index (χ0v) is 26.3. The molecule has 4 aromatic rings. The summed E-state index contributed by atoms with van der Waals surface area (Å²) in [6.07, 6.45) is 4.19. The van der Waals surface area contributed by atoms with Gasteiger partial charge in [0.05, 0.1) is 5.69 Å². The summed E-state index contributed by atoms with van der Waals surface area (Å²) in [5, 5.41) is 8.31. The van der Waals surface area contributed by atoms with Crippen LogP contribution in [0.15, 0.2) is 95.1 Å². The molecule has 2 aromatic carbocycles. The third-order valence-electron chi connectivity index (χ3n) is 6.31. The lowest BCUT2D eigenvalue weighted by atomic mass is 9.68. The molecule has 0 radical (unpaired) electrons. The molecule has 0 spiro atoms. The van der Waals surface area contributed by atoms with E-state index < -0.39 is 0 Å². The van der Waals surface area contributed by atoms with Gasteiger partial charge in [-0.1, -0.05) is 66.7 Å². The van der Waals surface area contributed by atoms with Crippen molar-refractivity contribution in [3.8, 4) is 0 Å². The number of nitrogens with zero attached hydrogens (tertiary/aromatic N) is 4. The molecule has 0 saturated heterocycles. The highest BCUT2D eigenvalue weighted by Crippen LogP contribution is 2.48. The quantitative estimate of drug-likeness (QED) is 0.109. The van der Waals surface area contributed by atoms with Crippen molar-refractivity contribution in [2.45, 2.75) is 48.6 Å². The van der Waals surface area contributed by atoms with Gasteiger partial charge in [-0.15, -0.1) is 23.5 Å². The maximum atomic E-state index is 5.63. The zero-order valence-electron chi connectivity index (χ0n) is 24.7. The van der Waals surface area contributed by atoms with Crippen molar-refractivity contribution >= 4 is 35.4 Å². The summed E-state index contributed by atoms with van der Waals surface area (Å²) >= 11 is 3.35. The Balaban J connectivity index is 0.000000212. The molecular weight excluding hydrogens is 561 g/mol. The third kappa shape index (κ3) is 11.6. The maximum absolute atomic E-state index is 5.63. The van der Waals surface area contributed by atoms with Crippen LogP contribution in [0.1, 0.15) is 49.8 Å². The fourth-order valence-electron chi connectivity index (χ4n) is 4.27. The van der Waals surface area contributed by atoms with E-state index in [0.29, 0.717) is 30.9 Å². The van der Waals surface area contributed by atoms with Gasteiger partial charge in [-0.25, -0.2) is 19.9 Å². The summed E-state index contributed by atoms with van der Waals surface area (Å²) in [4.78, 5) is 17.7. The first-order valence-electron chi connectivity index (χ1n) is 14.6. The average Bonchev–Trinajstić information content (AvgIpc) is 3.01. The molecule has 2 atom stereocenters. The largest absolute Gasteiger partial charge is 0.354 e. The van der Waals surface area contributed by atoms with Crippen molar-refractivity contribution in [1.82, 2.24) is 19.9 Å². The molecule has 6 N–H and O–H groups in total. The summed E-state index contributed by atoms with van der Waals surface area (Å²) < 4.78 is 0. The number of nitrogens with two attached hydrogens (primary N) is 2. The molecule has 1 aliphatic rings. The molecule has 0 amide bonds. The lowest BCUT2D eigenvalue weighted by Crippen LogP contribution is -2.23. The first-order valence-corrected chi connectivity index (χ1v) is 16.6. The van der Waals surface area contributed by atoms with E-state index in [9.17, 15) is 0 Å².